The molecule has 0 spiro atoms. The van der Waals surface area contributed by atoms with Crippen molar-refractivity contribution >= 4 is 34.8 Å². The molecule has 0 bridgehead atoms. The predicted octanol–water partition coefficient (Wildman–Crippen LogP) is 3.03. The molecule has 1 amide bonds. The highest BCUT2D eigenvalue weighted by molar-refractivity contribution is 8.00. The van der Waals surface area contributed by atoms with E-state index in [9.17, 15) is 9.59 Å². The average Bonchev–Trinajstić information content (AvgIpc) is 2.98. The van der Waals surface area contributed by atoms with Crippen LogP contribution in [0.1, 0.15) is 39.2 Å². The summed E-state index contributed by atoms with van der Waals surface area (Å²) in [6.07, 6.45) is 0.924. The maximum Gasteiger partial charge on any atom is 0.233 e. The van der Waals surface area contributed by atoms with Crippen LogP contribution in [0.3, 0.4) is 0 Å². The minimum absolute atomic E-state index is 0.0664. The second-order valence-corrected chi connectivity index (χ2v) is 7.78. The molecule has 0 aliphatic carbocycles. The second-order valence-electron chi connectivity index (χ2n) is 5.82. The summed E-state index contributed by atoms with van der Waals surface area (Å²) in [4.78, 5) is 36.3. The van der Waals surface area contributed by atoms with Crippen LogP contribution in [-0.4, -0.2) is 38.9 Å². The summed E-state index contributed by atoms with van der Waals surface area (Å²) in [5.74, 6) is 0.923. The van der Waals surface area contributed by atoms with Gasteiger partial charge in [-0.1, -0.05) is 11.8 Å². The van der Waals surface area contributed by atoms with Crippen molar-refractivity contribution in [1.82, 2.24) is 14.9 Å². The Morgan fingerprint density at radius 3 is 2.88 bits per heavy atom. The fourth-order valence-corrected chi connectivity index (χ4v) is 4.84. The molecule has 0 N–H and O–H groups in total. The van der Waals surface area contributed by atoms with Crippen LogP contribution >= 0.6 is 23.1 Å². The van der Waals surface area contributed by atoms with Crippen molar-refractivity contribution in [2.45, 2.75) is 38.8 Å². The third-order valence-corrected chi connectivity index (χ3v) is 6.00. The summed E-state index contributed by atoms with van der Waals surface area (Å²) in [6.45, 7) is 6.55. The molecule has 126 valence electrons. The molecule has 0 atom stereocenters. The smallest absolute Gasteiger partial charge is 0.233 e. The first-order chi connectivity index (χ1) is 11.5. The van der Waals surface area contributed by atoms with Crippen LogP contribution in [0.25, 0.3) is 0 Å². The van der Waals surface area contributed by atoms with E-state index in [1.54, 1.807) is 25.2 Å². The average molecular weight is 361 g/mol. The Labute approximate surface area is 149 Å². The molecule has 0 aromatic carbocycles. The van der Waals surface area contributed by atoms with Gasteiger partial charge in [-0.3, -0.25) is 9.59 Å². The van der Waals surface area contributed by atoms with E-state index in [0.717, 1.165) is 13.0 Å². The van der Waals surface area contributed by atoms with Gasteiger partial charge in [0.1, 0.15) is 10.9 Å². The van der Waals surface area contributed by atoms with E-state index in [-0.39, 0.29) is 17.4 Å². The van der Waals surface area contributed by atoms with Gasteiger partial charge in [0.05, 0.1) is 17.0 Å². The molecule has 0 saturated heterocycles. The molecule has 0 unspecified atom stereocenters. The predicted molar refractivity (Wildman–Crippen MR) is 95.7 cm³/mol. The first-order valence-corrected chi connectivity index (χ1v) is 9.64. The van der Waals surface area contributed by atoms with Crippen molar-refractivity contribution in [1.29, 1.82) is 0 Å². The number of Topliss-reactive ketones (excluding diaryl/α,β-unsaturated/α-hetero) is 1. The standard InChI is InChI=1S/C17H19N3O2S2/c1-10-16(11(2)21)17(19-12(3)18-10)24-9-15(22)20-6-4-14-13(8-20)5-7-23-14/h5,7H,4,6,8-9H2,1-3H3. The number of amides is 1. The molecule has 3 heterocycles. The van der Waals surface area contributed by atoms with E-state index in [1.807, 2.05) is 4.90 Å². The quantitative estimate of drug-likeness (QED) is 0.476. The van der Waals surface area contributed by atoms with Crippen LogP contribution in [0.4, 0.5) is 0 Å². The summed E-state index contributed by atoms with van der Waals surface area (Å²) in [5, 5.41) is 2.69. The lowest BCUT2D eigenvalue weighted by Crippen LogP contribution is -2.36. The minimum atomic E-state index is -0.0664. The first-order valence-electron chi connectivity index (χ1n) is 7.77. The van der Waals surface area contributed by atoms with Crippen LogP contribution in [0.2, 0.25) is 0 Å². The van der Waals surface area contributed by atoms with Gasteiger partial charge in [-0.05, 0) is 44.2 Å². The Kier molecular flexibility index (Phi) is 5.01. The summed E-state index contributed by atoms with van der Waals surface area (Å²) in [5.41, 5.74) is 2.45. The van der Waals surface area contributed by atoms with E-state index >= 15 is 0 Å². The van der Waals surface area contributed by atoms with Crippen molar-refractivity contribution in [3.05, 3.63) is 39.0 Å². The molecular weight excluding hydrogens is 342 g/mol. The molecule has 5 nitrogen and oxygen atoms in total. The van der Waals surface area contributed by atoms with Crippen molar-refractivity contribution in [3.8, 4) is 0 Å². The summed E-state index contributed by atoms with van der Waals surface area (Å²) in [7, 11) is 0. The highest BCUT2D eigenvalue weighted by atomic mass is 32.2. The maximum atomic E-state index is 12.5. The zero-order chi connectivity index (χ0) is 17.3. The summed E-state index contributed by atoms with van der Waals surface area (Å²) in [6, 6.07) is 2.09. The number of ketones is 1. The van der Waals surface area contributed by atoms with E-state index in [0.29, 0.717) is 28.7 Å². The van der Waals surface area contributed by atoms with Gasteiger partial charge in [-0.25, -0.2) is 9.97 Å². The number of fused-ring (bicyclic) bond motifs is 1. The lowest BCUT2D eigenvalue weighted by molar-refractivity contribution is -0.129. The molecule has 0 fully saturated rings. The molecule has 1 aliphatic rings. The zero-order valence-corrected chi connectivity index (χ0v) is 15.6. The maximum absolute atomic E-state index is 12.5. The summed E-state index contributed by atoms with van der Waals surface area (Å²) < 4.78 is 0. The Hall–Kier alpha value is -1.73. The Bertz CT molecular complexity index is 801. The number of rotatable bonds is 4. The molecule has 2 aromatic rings. The lowest BCUT2D eigenvalue weighted by Gasteiger charge is -2.27. The molecule has 1 aliphatic heterocycles. The Morgan fingerprint density at radius 2 is 2.12 bits per heavy atom. The highest BCUT2D eigenvalue weighted by Gasteiger charge is 2.23. The number of hydrogen-bond donors (Lipinski definition) is 0. The third kappa shape index (κ3) is 3.52. The minimum Gasteiger partial charge on any atom is -0.337 e. The zero-order valence-electron chi connectivity index (χ0n) is 14.0. The fourth-order valence-electron chi connectivity index (χ4n) is 2.87. The first kappa shape index (κ1) is 17.1. The van der Waals surface area contributed by atoms with Gasteiger partial charge in [0.25, 0.3) is 0 Å². The van der Waals surface area contributed by atoms with Gasteiger partial charge >= 0.3 is 0 Å². The van der Waals surface area contributed by atoms with Crippen molar-refractivity contribution < 1.29 is 9.59 Å². The number of carbonyl (C=O) groups excluding carboxylic acids is 2. The van der Waals surface area contributed by atoms with E-state index in [2.05, 4.69) is 21.4 Å². The van der Waals surface area contributed by atoms with E-state index in [4.69, 9.17) is 0 Å². The van der Waals surface area contributed by atoms with E-state index in [1.165, 1.54) is 29.1 Å². The van der Waals surface area contributed by atoms with Gasteiger partial charge in [-0.15, -0.1) is 11.3 Å². The van der Waals surface area contributed by atoms with Crippen LogP contribution in [-0.2, 0) is 17.8 Å². The molecule has 7 heteroatoms. The summed E-state index contributed by atoms with van der Waals surface area (Å²) >= 11 is 3.09. The number of thiophene rings is 1. The van der Waals surface area contributed by atoms with Gasteiger partial charge < -0.3 is 4.90 Å². The van der Waals surface area contributed by atoms with Crippen LogP contribution in [0.5, 0.6) is 0 Å². The van der Waals surface area contributed by atoms with Gasteiger partial charge in [0, 0.05) is 18.0 Å². The number of aryl methyl sites for hydroxylation is 2. The van der Waals surface area contributed by atoms with Crippen LogP contribution in [0.15, 0.2) is 16.5 Å². The molecule has 24 heavy (non-hydrogen) atoms. The number of carbonyl (C=O) groups is 2. The molecule has 3 rings (SSSR count). The van der Waals surface area contributed by atoms with Crippen LogP contribution in [0, 0.1) is 13.8 Å². The lowest BCUT2D eigenvalue weighted by atomic mass is 10.1. The van der Waals surface area contributed by atoms with Crippen molar-refractivity contribution in [3.63, 3.8) is 0 Å². The number of nitrogens with zero attached hydrogens (tertiary/aromatic N) is 3. The topological polar surface area (TPSA) is 63.2 Å². The van der Waals surface area contributed by atoms with Crippen molar-refractivity contribution in [2.75, 3.05) is 12.3 Å². The molecule has 2 aromatic heterocycles. The number of hydrogen-bond acceptors (Lipinski definition) is 6. The Balaban J connectivity index is 1.70. The fraction of sp³-hybridized carbons (Fsp3) is 0.412. The number of aromatic nitrogens is 2. The third-order valence-electron chi connectivity index (χ3n) is 4.01. The van der Waals surface area contributed by atoms with Crippen molar-refractivity contribution in [2.24, 2.45) is 0 Å². The SMILES string of the molecule is CC(=O)c1c(C)nc(C)nc1SCC(=O)N1CCc2sccc2C1. The molecular formula is C17H19N3O2S2. The monoisotopic (exact) mass is 361 g/mol. The van der Waals surface area contributed by atoms with E-state index < -0.39 is 0 Å². The Morgan fingerprint density at radius 1 is 1.33 bits per heavy atom. The van der Waals surface area contributed by atoms with Crippen LogP contribution < -0.4 is 0 Å². The second kappa shape index (κ2) is 7.03. The normalized spacial score (nSPS) is 13.7. The number of thioether (sulfide) groups is 1. The highest BCUT2D eigenvalue weighted by Crippen LogP contribution is 2.27. The largest absolute Gasteiger partial charge is 0.337 e. The molecule has 0 saturated carbocycles. The van der Waals surface area contributed by atoms with Gasteiger partial charge in [0.2, 0.25) is 5.91 Å². The van der Waals surface area contributed by atoms with Gasteiger partial charge in [0.15, 0.2) is 5.78 Å². The molecule has 0 radical (unpaired) electrons. The van der Waals surface area contributed by atoms with Gasteiger partial charge in [-0.2, -0.15) is 0 Å².